The summed E-state index contributed by atoms with van der Waals surface area (Å²) in [6.07, 6.45) is 0.607. The number of carboxylic acid groups (broad SMARTS) is 1. The molecule has 2 aromatic rings. The Morgan fingerprint density at radius 3 is 2.94 bits per heavy atom. The van der Waals surface area contributed by atoms with Crippen molar-refractivity contribution in [1.29, 1.82) is 0 Å². The average molecular weight is 253 g/mol. The number of fused-ring (bicyclic) bond motifs is 1. The van der Waals surface area contributed by atoms with Gasteiger partial charge in [0.25, 0.3) is 0 Å². The molecule has 0 aliphatic carbocycles. The van der Waals surface area contributed by atoms with Gasteiger partial charge in [0.2, 0.25) is 0 Å². The monoisotopic (exact) mass is 253 g/mol. The summed E-state index contributed by atoms with van der Waals surface area (Å²) in [6, 6.07) is 7.84. The molecule has 1 aromatic carbocycles. The average Bonchev–Trinajstić information content (AvgIpc) is 2.67. The Kier molecular flexibility index (Phi) is 3.46. The summed E-state index contributed by atoms with van der Waals surface area (Å²) in [6.45, 7) is 1.87. The molecule has 3 nitrogen and oxygen atoms in total. The van der Waals surface area contributed by atoms with Crippen LogP contribution >= 0.6 is 23.1 Å². The highest BCUT2D eigenvalue weighted by Crippen LogP contribution is 2.32. The Hall–Kier alpha value is -1.07. The minimum atomic E-state index is -0.772. The molecule has 0 bridgehead atoms. The molecule has 1 atom stereocenters. The molecule has 1 aromatic heterocycles. The minimum Gasteiger partial charge on any atom is -0.480 e. The van der Waals surface area contributed by atoms with Gasteiger partial charge in [-0.05, 0) is 18.6 Å². The quantitative estimate of drug-likeness (QED) is 0.850. The Labute approximate surface area is 102 Å². The Balaban J connectivity index is 2.24. The van der Waals surface area contributed by atoms with E-state index in [2.05, 4.69) is 4.98 Å². The summed E-state index contributed by atoms with van der Waals surface area (Å²) in [5, 5.41) is 8.56. The largest absolute Gasteiger partial charge is 0.480 e. The molecule has 2 rings (SSSR count). The maximum Gasteiger partial charge on any atom is 0.317 e. The maximum absolute atomic E-state index is 10.9. The lowest BCUT2D eigenvalue weighted by atomic mass is 10.3. The molecule has 0 amide bonds. The highest BCUT2D eigenvalue weighted by atomic mass is 32.2. The Morgan fingerprint density at radius 2 is 2.31 bits per heavy atom. The number of para-hydroxylation sites is 1. The summed E-state index contributed by atoms with van der Waals surface area (Å²) in [5.74, 6) is -0.772. The molecule has 0 fully saturated rings. The van der Waals surface area contributed by atoms with Crippen molar-refractivity contribution in [2.75, 3.05) is 0 Å². The minimum absolute atomic E-state index is 0.402. The maximum atomic E-state index is 10.9. The third-order valence-corrected chi connectivity index (χ3v) is 4.65. The number of thioether (sulfide) groups is 1. The molecule has 1 N–H and O–H groups in total. The van der Waals surface area contributed by atoms with Crippen molar-refractivity contribution in [3.8, 4) is 0 Å². The van der Waals surface area contributed by atoms with E-state index in [4.69, 9.17) is 5.11 Å². The molecule has 84 valence electrons. The lowest BCUT2D eigenvalue weighted by Crippen LogP contribution is -2.14. The van der Waals surface area contributed by atoms with E-state index < -0.39 is 11.2 Å². The summed E-state index contributed by atoms with van der Waals surface area (Å²) < 4.78 is 1.93. The van der Waals surface area contributed by atoms with E-state index in [1.807, 2.05) is 31.2 Å². The summed E-state index contributed by atoms with van der Waals surface area (Å²) in [4.78, 5) is 15.3. The van der Waals surface area contributed by atoms with Gasteiger partial charge in [-0.1, -0.05) is 30.8 Å². The van der Waals surface area contributed by atoms with E-state index in [0.717, 1.165) is 14.6 Å². The first kappa shape index (κ1) is 11.4. The van der Waals surface area contributed by atoms with Crippen LogP contribution in [0.2, 0.25) is 0 Å². The normalized spacial score (nSPS) is 12.8. The van der Waals surface area contributed by atoms with Crippen LogP contribution in [0.3, 0.4) is 0 Å². The molecule has 1 unspecified atom stereocenters. The second-order valence-corrected chi connectivity index (χ2v) is 5.78. The topological polar surface area (TPSA) is 50.2 Å². The second-order valence-electron chi connectivity index (χ2n) is 3.30. The molecule has 0 aliphatic heterocycles. The first-order valence-electron chi connectivity index (χ1n) is 4.95. The molecule has 0 saturated heterocycles. The van der Waals surface area contributed by atoms with Crippen molar-refractivity contribution in [3.05, 3.63) is 24.3 Å². The van der Waals surface area contributed by atoms with Gasteiger partial charge in [0.1, 0.15) is 5.25 Å². The number of nitrogens with zero attached hydrogens (tertiary/aromatic N) is 1. The number of aliphatic carboxylic acids is 1. The van der Waals surface area contributed by atoms with Gasteiger partial charge in [-0.2, -0.15) is 0 Å². The lowest BCUT2D eigenvalue weighted by Gasteiger charge is -2.05. The van der Waals surface area contributed by atoms with Gasteiger partial charge in [0.05, 0.1) is 10.2 Å². The van der Waals surface area contributed by atoms with Crippen LogP contribution < -0.4 is 0 Å². The highest BCUT2D eigenvalue weighted by Gasteiger charge is 2.18. The number of hydrogen-bond acceptors (Lipinski definition) is 4. The van der Waals surface area contributed by atoms with Crippen LogP contribution in [0.5, 0.6) is 0 Å². The molecule has 16 heavy (non-hydrogen) atoms. The van der Waals surface area contributed by atoms with Crippen LogP contribution in [0.1, 0.15) is 13.3 Å². The zero-order valence-electron chi connectivity index (χ0n) is 8.71. The predicted molar refractivity (Wildman–Crippen MR) is 67.2 cm³/mol. The fraction of sp³-hybridized carbons (Fsp3) is 0.273. The SMILES string of the molecule is CCC(Sc1nc2ccccc2s1)C(=O)O. The van der Waals surface area contributed by atoms with Crippen LogP contribution in [0.4, 0.5) is 0 Å². The molecule has 0 spiro atoms. The third-order valence-electron chi connectivity index (χ3n) is 2.16. The van der Waals surface area contributed by atoms with Crippen molar-refractivity contribution in [2.24, 2.45) is 0 Å². The summed E-state index contributed by atoms with van der Waals surface area (Å²) in [7, 11) is 0. The van der Waals surface area contributed by atoms with Crippen LogP contribution in [-0.2, 0) is 4.79 Å². The second kappa shape index (κ2) is 4.84. The van der Waals surface area contributed by atoms with Crippen molar-refractivity contribution < 1.29 is 9.90 Å². The van der Waals surface area contributed by atoms with Gasteiger partial charge in [0.15, 0.2) is 4.34 Å². The van der Waals surface area contributed by atoms with Crippen molar-refractivity contribution in [3.63, 3.8) is 0 Å². The van der Waals surface area contributed by atoms with E-state index in [9.17, 15) is 4.79 Å². The van der Waals surface area contributed by atoms with Crippen molar-refractivity contribution in [2.45, 2.75) is 22.9 Å². The highest BCUT2D eigenvalue weighted by molar-refractivity contribution is 8.02. The van der Waals surface area contributed by atoms with Crippen LogP contribution in [0.15, 0.2) is 28.6 Å². The van der Waals surface area contributed by atoms with Crippen molar-refractivity contribution >= 4 is 39.3 Å². The van der Waals surface area contributed by atoms with Crippen LogP contribution in [0, 0.1) is 0 Å². The number of rotatable bonds is 4. The van der Waals surface area contributed by atoms with E-state index in [1.54, 1.807) is 11.3 Å². The number of carboxylic acids is 1. The molecular weight excluding hydrogens is 242 g/mol. The molecule has 0 saturated carbocycles. The molecular formula is C11H11NO2S2. The van der Waals surface area contributed by atoms with Crippen LogP contribution in [-0.4, -0.2) is 21.3 Å². The van der Waals surface area contributed by atoms with E-state index >= 15 is 0 Å². The van der Waals surface area contributed by atoms with Gasteiger partial charge in [-0.25, -0.2) is 4.98 Å². The molecule has 5 heteroatoms. The van der Waals surface area contributed by atoms with Gasteiger partial charge in [0, 0.05) is 0 Å². The van der Waals surface area contributed by atoms with Gasteiger partial charge < -0.3 is 5.11 Å². The van der Waals surface area contributed by atoms with E-state index in [1.165, 1.54) is 11.8 Å². The molecule has 1 heterocycles. The van der Waals surface area contributed by atoms with Gasteiger partial charge in [-0.3, -0.25) is 4.79 Å². The zero-order chi connectivity index (χ0) is 11.5. The number of benzene rings is 1. The smallest absolute Gasteiger partial charge is 0.317 e. The van der Waals surface area contributed by atoms with Crippen molar-refractivity contribution in [1.82, 2.24) is 4.98 Å². The van der Waals surface area contributed by atoms with E-state index in [0.29, 0.717) is 6.42 Å². The van der Waals surface area contributed by atoms with E-state index in [-0.39, 0.29) is 0 Å². The Bertz CT molecular complexity index is 476. The zero-order valence-corrected chi connectivity index (χ0v) is 10.3. The van der Waals surface area contributed by atoms with Crippen LogP contribution in [0.25, 0.3) is 10.2 Å². The first-order valence-corrected chi connectivity index (χ1v) is 6.65. The summed E-state index contributed by atoms with van der Waals surface area (Å²) >= 11 is 2.88. The summed E-state index contributed by atoms with van der Waals surface area (Å²) in [5.41, 5.74) is 0.940. The fourth-order valence-electron chi connectivity index (χ4n) is 1.33. The number of thiazole rings is 1. The first-order chi connectivity index (χ1) is 7.70. The van der Waals surface area contributed by atoms with Gasteiger partial charge >= 0.3 is 5.97 Å². The lowest BCUT2D eigenvalue weighted by molar-refractivity contribution is -0.136. The Morgan fingerprint density at radius 1 is 1.56 bits per heavy atom. The number of aromatic nitrogens is 1. The van der Waals surface area contributed by atoms with Gasteiger partial charge in [-0.15, -0.1) is 11.3 Å². The number of hydrogen-bond donors (Lipinski definition) is 1. The standard InChI is InChI=1S/C11H11NO2S2/c1-2-8(10(13)14)15-11-12-7-5-3-4-6-9(7)16-11/h3-6,8H,2H2,1H3,(H,13,14). The molecule has 0 radical (unpaired) electrons. The number of carbonyl (C=O) groups is 1. The third kappa shape index (κ3) is 2.36. The molecule has 0 aliphatic rings. The fourth-order valence-corrected chi connectivity index (χ4v) is 3.50. The predicted octanol–water partition coefficient (Wildman–Crippen LogP) is 3.25.